The third kappa shape index (κ3) is 2.88. The van der Waals surface area contributed by atoms with Crippen molar-refractivity contribution in [3.05, 3.63) is 16.6 Å². The lowest BCUT2D eigenvalue weighted by Gasteiger charge is -2.31. The molecule has 0 unspecified atom stereocenters. The SMILES string of the molecule is O=C1OC2(CCNCC2)CN1CC(=O)N1CCC[C@@H]1c1nccs1. The van der Waals surface area contributed by atoms with Gasteiger partial charge in [-0.25, -0.2) is 9.78 Å². The predicted octanol–water partition coefficient (Wildman–Crippen LogP) is 1.38. The first kappa shape index (κ1) is 15.8. The zero-order valence-electron chi connectivity index (χ0n) is 13.6. The molecule has 1 aromatic heterocycles. The molecule has 3 aliphatic heterocycles. The fourth-order valence-electron chi connectivity index (χ4n) is 3.93. The first-order chi connectivity index (χ1) is 11.7. The van der Waals surface area contributed by atoms with Crippen LogP contribution >= 0.6 is 11.3 Å². The Hall–Kier alpha value is -1.67. The number of hydrogen-bond acceptors (Lipinski definition) is 6. The maximum atomic E-state index is 12.8. The van der Waals surface area contributed by atoms with E-state index in [1.54, 1.807) is 22.4 Å². The molecule has 1 atom stereocenters. The molecular formula is C16H22N4O3S. The smallest absolute Gasteiger partial charge is 0.410 e. The molecule has 0 aromatic carbocycles. The minimum absolute atomic E-state index is 0.00404. The second-order valence-corrected chi connectivity index (χ2v) is 7.70. The van der Waals surface area contributed by atoms with Gasteiger partial charge in [0.05, 0.1) is 12.6 Å². The van der Waals surface area contributed by atoms with Crippen molar-refractivity contribution in [3.8, 4) is 0 Å². The molecule has 0 aliphatic carbocycles. The fraction of sp³-hybridized carbons (Fsp3) is 0.688. The van der Waals surface area contributed by atoms with E-state index in [9.17, 15) is 9.59 Å². The molecule has 3 saturated heterocycles. The summed E-state index contributed by atoms with van der Waals surface area (Å²) in [5, 5.41) is 6.21. The summed E-state index contributed by atoms with van der Waals surface area (Å²) in [5.74, 6) is -0.00404. The normalized spacial score (nSPS) is 26.2. The van der Waals surface area contributed by atoms with Gasteiger partial charge in [0.1, 0.15) is 17.2 Å². The summed E-state index contributed by atoms with van der Waals surface area (Å²) in [6.45, 7) is 3.08. The topological polar surface area (TPSA) is 74.8 Å². The molecule has 24 heavy (non-hydrogen) atoms. The molecule has 7 nitrogen and oxygen atoms in total. The van der Waals surface area contributed by atoms with Gasteiger partial charge in [0.25, 0.3) is 0 Å². The van der Waals surface area contributed by atoms with Crippen molar-refractivity contribution in [2.75, 3.05) is 32.7 Å². The highest BCUT2D eigenvalue weighted by molar-refractivity contribution is 7.09. The van der Waals surface area contributed by atoms with Crippen molar-refractivity contribution >= 4 is 23.3 Å². The second kappa shape index (κ2) is 6.33. The van der Waals surface area contributed by atoms with E-state index in [4.69, 9.17) is 4.74 Å². The van der Waals surface area contributed by atoms with Crippen LogP contribution in [0, 0.1) is 0 Å². The standard InChI is InChI=1S/C16H22N4O3S/c21-13(20-8-1-2-12(20)14-18-7-9-24-14)10-19-11-16(23-15(19)22)3-5-17-6-4-16/h7,9,12,17H,1-6,8,10-11H2/t12-/m1/s1. The first-order valence-corrected chi connectivity index (χ1v) is 9.42. The summed E-state index contributed by atoms with van der Waals surface area (Å²) in [7, 11) is 0. The van der Waals surface area contributed by atoms with Gasteiger partial charge in [0.15, 0.2) is 0 Å². The van der Waals surface area contributed by atoms with Crippen LogP contribution in [0.1, 0.15) is 36.7 Å². The van der Waals surface area contributed by atoms with Crippen LogP contribution in [0.4, 0.5) is 4.79 Å². The van der Waals surface area contributed by atoms with Crippen LogP contribution in [-0.2, 0) is 9.53 Å². The molecule has 2 amide bonds. The Morgan fingerprint density at radius 1 is 1.46 bits per heavy atom. The summed E-state index contributed by atoms with van der Waals surface area (Å²) in [6.07, 6.45) is 4.98. The van der Waals surface area contributed by atoms with Crippen molar-refractivity contribution in [2.24, 2.45) is 0 Å². The van der Waals surface area contributed by atoms with Gasteiger partial charge in [-0.1, -0.05) is 0 Å². The van der Waals surface area contributed by atoms with Crippen LogP contribution in [-0.4, -0.2) is 65.1 Å². The number of rotatable bonds is 3. The Balaban J connectivity index is 1.41. The molecule has 3 aliphatic rings. The average molecular weight is 350 g/mol. The van der Waals surface area contributed by atoms with Crippen molar-refractivity contribution in [3.63, 3.8) is 0 Å². The second-order valence-electron chi connectivity index (χ2n) is 6.77. The van der Waals surface area contributed by atoms with Crippen LogP contribution < -0.4 is 5.32 Å². The summed E-state index contributed by atoms with van der Waals surface area (Å²) >= 11 is 1.59. The number of hydrogen-bond donors (Lipinski definition) is 1. The number of piperidine rings is 1. The lowest BCUT2D eigenvalue weighted by Crippen LogP contribution is -2.46. The summed E-state index contributed by atoms with van der Waals surface area (Å²) in [6, 6.07) is 0.0592. The number of likely N-dealkylation sites (tertiary alicyclic amines) is 1. The molecule has 8 heteroatoms. The summed E-state index contributed by atoms with van der Waals surface area (Å²) < 4.78 is 5.63. The molecule has 130 valence electrons. The number of amides is 2. The number of aromatic nitrogens is 1. The van der Waals surface area contributed by atoms with E-state index in [2.05, 4.69) is 10.3 Å². The minimum atomic E-state index is -0.400. The van der Waals surface area contributed by atoms with E-state index in [1.807, 2.05) is 10.3 Å². The Bertz CT molecular complexity index is 615. The predicted molar refractivity (Wildman–Crippen MR) is 88.7 cm³/mol. The zero-order valence-corrected chi connectivity index (χ0v) is 14.4. The molecule has 0 radical (unpaired) electrons. The summed E-state index contributed by atoms with van der Waals surface area (Å²) in [5.41, 5.74) is -0.400. The van der Waals surface area contributed by atoms with Crippen molar-refractivity contribution in [1.82, 2.24) is 20.1 Å². The van der Waals surface area contributed by atoms with Crippen LogP contribution in [0.3, 0.4) is 0 Å². The number of nitrogens with zero attached hydrogens (tertiary/aromatic N) is 3. The van der Waals surface area contributed by atoms with E-state index >= 15 is 0 Å². The Kier molecular flexibility index (Phi) is 4.17. The Morgan fingerprint density at radius 3 is 3.04 bits per heavy atom. The molecule has 4 heterocycles. The Labute approximate surface area is 145 Å². The minimum Gasteiger partial charge on any atom is -0.441 e. The van der Waals surface area contributed by atoms with E-state index in [1.165, 1.54) is 0 Å². The van der Waals surface area contributed by atoms with Crippen LogP contribution in [0.5, 0.6) is 0 Å². The lowest BCUT2D eigenvalue weighted by molar-refractivity contribution is -0.132. The zero-order chi connectivity index (χ0) is 16.6. The van der Waals surface area contributed by atoms with E-state index in [0.717, 1.165) is 50.3 Å². The van der Waals surface area contributed by atoms with Crippen LogP contribution in [0.25, 0.3) is 0 Å². The Morgan fingerprint density at radius 2 is 2.29 bits per heavy atom. The number of ether oxygens (including phenoxy) is 1. The third-order valence-corrected chi connectivity index (χ3v) is 6.07. The van der Waals surface area contributed by atoms with Gasteiger partial charge in [-0.15, -0.1) is 11.3 Å². The quantitative estimate of drug-likeness (QED) is 0.891. The lowest BCUT2D eigenvalue weighted by atomic mass is 9.92. The van der Waals surface area contributed by atoms with Gasteiger partial charge in [0, 0.05) is 31.0 Å². The molecule has 4 rings (SSSR count). The van der Waals surface area contributed by atoms with Crippen molar-refractivity contribution in [2.45, 2.75) is 37.3 Å². The maximum absolute atomic E-state index is 12.8. The van der Waals surface area contributed by atoms with Crippen LogP contribution in [0.15, 0.2) is 11.6 Å². The third-order valence-electron chi connectivity index (χ3n) is 5.19. The van der Waals surface area contributed by atoms with E-state index < -0.39 is 5.60 Å². The molecular weight excluding hydrogens is 328 g/mol. The monoisotopic (exact) mass is 350 g/mol. The van der Waals surface area contributed by atoms with Gasteiger partial charge in [-0.05, 0) is 25.9 Å². The molecule has 3 fully saturated rings. The van der Waals surface area contributed by atoms with Crippen LogP contribution in [0.2, 0.25) is 0 Å². The van der Waals surface area contributed by atoms with Crippen molar-refractivity contribution < 1.29 is 14.3 Å². The first-order valence-electron chi connectivity index (χ1n) is 8.54. The molecule has 1 aromatic rings. The molecule has 0 bridgehead atoms. The number of carbonyl (C=O) groups excluding carboxylic acids is 2. The fourth-order valence-corrected chi connectivity index (χ4v) is 4.72. The highest BCUT2D eigenvalue weighted by Gasteiger charge is 2.46. The average Bonchev–Trinajstić information content (AvgIpc) is 3.29. The van der Waals surface area contributed by atoms with Gasteiger partial charge >= 0.3 is 6.09 Å². The maximum Gasteiger partial charge on any atom is 0.410 e. The number of nitrogens with one attached hydrogen (secondary N) is 1. The van der Waals surface area contributed by atoms with E-state index in [0.29, 0.717) is 6.54 Å². The highest BCUT2D eigenvalue weighted by atomic mass is 32.1. The van der Waals surface area contributed by atoms with Gasteiger partial charge in [0.2, 0.25) is 5.91 Å². The van der Waals surface area contributed by atoms with Gasteiger partial charge in [-0.3, -0.25) is 9.69 Å². The molecule has 0 saturated carbocycles. The largest absolute Gasteiger partial charge is 0.441 e. The van der Waals surface area contributed by atoms with Crippen molar-refractivity contribution in [1.29, 1.82) is 0 Å². The highest BCUT2D eigenvalue weighted by Crippen LogP contribution is 2.34. The van der Waals surface area contributed by atoms with E-state index in [-0.39, 0.29) is 24.6 Å². The molecule has 1 spiro atoms. The number of carbonyl (C=O) groups is 2. The van der Waals surface area contributed by atoms with Gasteiger partial charge in [-0.2, -0.15) is 0 Å². The summed E-state index contributed by atoms with van der Waals surface area (Å²) in [4.78, 5) is 32.8. The number of thiazole rings is 1. The molecule has 1 N–H and O–H groups in total. The van der Waals surface area contributed by atoms with Gasteiger partial charge < -0.3 is 15.0 Å².